The van der Waals surface area contributed by atoms with E-state index in [9.17, 15) is 30.0 Å². The van der Waals surface area contributed by atoms with E-state index in [4.69, 9.17) is 0 Å². The monoisotopic (exact) mass is 450 g/mol. The third kappa shape index (κ3) is 4.90. The Balaban J connectivity index is 2.52. The number of benzene rings is 2. The molecular formula is C18H21F3N2O4S2. The summed E-state index contributed by atoms with van der Waals surface area (Å²) >= 11 is 0. The molecule has 0 bridgehead atoms. The van der Waals surface area contributed by atoms with Crippen LogP contribution in [0.15, 0.2) is 52.3 Å². The molecule has 0 spiro atoms. The van der Waals surface area contributed by atoms with Gasteiger partial charge in [0, 0.05) is 13.1 Å². The Morgan fingerprint density at radius 2 is 1.52 bits per heavy atom. The van der Waals surface area contributed by atoms with E-state index in [1.807, 2.05) is 0 Å². The van der Waals surface area contributed by atoms with Crippen molar-refractivity contribution in [2.45, 2.75) is 36.7 Å². The fraction of sp³-hybridized carbons (Fsp3) is 0.333. The number of sulfonamides is 2. The highest BCUT2D eigenvalue weighted by atomic mass is 32.2. The van der Waals surface area contributed by atoms with E-state index in [1.54, 1.807) is 20.8 Å². The van der Waals surface area contributed by atoms with Crippen LogP contribution < -0.4 is 4.72 Å². The lowest BCUT2D eigenvalue weighted by Gasteiger charge is -2.20. The van der Waals surface area contributed by atoms with E-state index in [0.717, 1.165) is 18.2 Å². The van der Waals surface area contributed by atoms with Gasteiger partial charge in [-0.25, -0.2) is 16.8 Å². The summed E-state index contributed by atoms with van der Waals surface area (Å²) in [5.41, 5.74) is -1.08. The molecule has 0 aliphatic carbocycles. The molecule has 0 aliphatic heterocycles. The number of alkyl halides is 3. The van der Waals surface area contributed by atoms with Crippen LogP contribution in [0.25, 0.3) is 0 Å². The van der Waals surface area contributed by atoms with Crippen molar-refractivity contribution in [1.29, 1.82) is 0 Å². The van der Waals surface area contributed by atoms with Crippen LogP contribution in [0, 0.1) is 6.92 Å². The van der Waals surface area contributed by atoms with Gasteiger partial charge < -0.3 is 0 Å². The van der Waals surface area contributed by atoms with E-state index >= 15 is 0 Å². The van der Waals surface area contributed by atoms with Gasteiger partial charge in [-0.15, -0.1) is 0 Å². The van der Waals surface area contributed by atoms with Gasteiger partial charge >= 0.3 is 6.18 Å². The number of hydrogen-bond donors (Lipinski definition) is 1. The fourth-order valence-electron chi connectivity index (χ4n) is 2.79. The SMILES string of the molecule is CCN(CC)S(=O)(=O)c1cc(NS(=O)(=O)c2ccccc2C(F)(F)F)ccc1C. The predicted molar refractivity (Wildman–Crippen MR) is 104 cm³/mol. The van der Waals surface area contributed by atoms with Crippen molar-refractivity contribution < 1.29 is 30.0 Å². The molecular weight excluding hydrogens is 429 g/mol. The van der Waals surface area contributed by atoms with Gasteiger partial charge in [0.2, 0.25) is 10.0 Å². The Kier molecular flexibility index (Phi) is 6.65. The molecule has 0 fully saturated rings. The van der Waals surface area contributed by atoms with Gasteiger partial charge in [-0.2, -0.15) is 17.5 Å². The van der Waals surface area contributed by atoms with E-state index in [0.29, 0.717) is 11.6 Å². The lowest BCUT2D eigenvalue weighted by Crippen LogP contribution is -2.31. The third-order valence-electron chi connectivity index (χ3n) is 4.25. The number of aryl methyl sites for hydroxylation is 1. The zero-order valence-electron chi connectivity index (χ0n) is 16.0. The highest BCUT2D eigenvalue weighted by Crippen LogP contribution is 2.35. The second-order valence-electron chi connectivity index (χ2n) is 6.17. The number of anilines is 1. The molecule has 0 aromatic heterocycles. The third-order valence-corrected chi connectivity index (χ3v) is 7.88. The molecule has 2 aromatic carbocycles. The summed E-state index contributed by atoms with van der Waals surface area (Å²) in [5, 5.41) is 0. The average Bonchev–Trinajstić information content (AvgIpc) is 2.63. The Bertz CT molecular complexity index is 1090. The largest absolute Gasteiger partial charge is 0.417 e. The van der Waals surface area contributed by atoms with Crippen LogP contribution in [0.2, 0.25) is 0 Å². The van der Waals surface area contributed by atoms with Gasteiger partial charge in [0.25, 0.3) is 10.0 Å². The van der Waals surface area contributed by atoms with Crippen LogP contribution in [0.1, 0.15) is 25.0 Å². The molecule has 0 unspecified atom stereocenters. The zero-order valence-corrected chi connectivity index (χ0v) is 17.6. The molecule has 29 heavy (non-hydrogen) atoms. The van der Waals surface area contributed by atoms with E-state index < -0.39 is 36.7 Å². The minimum absolute atomic E-state index is 0.120. The maximum absolute atomic E-state index is 13.2. The number of rotatable bonds is 7. The molecule has 1 N–H and O–H groups in total. The average molecular weight is 451 g/mol. The molecule has 2 aromatic rings. The van der Waals surface area contributed by atoms with Crippen LogP contribution in [-0.4, -0.2) is 34.2 Å². The first kappa shape index (κ1) is 23.2. The Morgan fingerprint density at radius 1 is 0.931 bits per heavy atom. The van der Waals surface area contributed by atoms with Crippen molar-refractivity contribution in [3.05, 3.63) is 53.6 Å². The molecule has 0 aliphatic rings. The van der Waals surface area contributed by atoms with Gasteiger partial charge in [0.15, 0.2) is 0 Å². The van der Waals surface area contributed by atoms with Crippen LogP contribution in [0.3, 0.4) is 0 Å². The second kappa shape index (κ2) is 8.33. The molecule has 0 radical (unpaired) electrons. The summed E-state index contributed by atoms with van der Waals surface area (Å²) in [6.07, 6.45) is -4.87. The lowest BCUT2D eigenvalue weighted by molar-refractivity contribution is -0.139. The number of hydrogen-bond acceptors (Lipinski definition) is 4. The minimum Gasteiger partial charge on any atom is -0.280 e. The number of nitrogens with one attached hydrogen (secondary N) is 1. The van der Waals surface area contributed by atoms with Gasteiger partial charge in [-0.05, 0) is 36.8 Å². The molecule has 6 nitrogen and oxygen atoms in total. The second-order valence-corrected chi connectivity index (χ2v) is 9.73. The molecule has 0 saturated heterocycles. The molecule has 0 atom stereocenters. The summed E-state index contributed by atoms with van der Waals surface area (Å²) in [6.45, 7) is 5.31. The van der Waals surface area contributed by atoms with E-state index in [1.165, 1.54) is 22.5 Å². The first-order valence-corrected chi connectivity index (χ1v) is 11.6. The normalized spacial score (nSPS) is 12.9. The van der Waals surface area contributed by atoms with Crippen LogP contribution >= 0.6 is 0 Å². The fourth-order valence-corrected chi connectivity index (χ4v) is 5.78. The van der Waals surface area contributed by atoms with Crippen molar-refractivity contribution in [3.63, 3.8) is 0 Å². The molecule has 0 saturated carbocycles. The number of nitrogens with zero attached hydrogens (tertiary/aromatic N) is 1. The molecule has 0 heterocycles. The summed E-state index contributed by atoms with van der Waals surface area (Å²) < 4.78 is 93.6. The Labute approximate surface area is 168 Å². The van der Waals surface area contributed by atoms with Gasteiger partial charge in [0.1, 0.15) is 0 Å². The lowest BCUT2D eigenvalue weighted by atomic mass is 10.2. The van der Waals surface area contributed by atoms with Gasteiger partial charge in [-0.3, -0.25) is 4.72 Å². The predicted octanol–water partition coefficient (Wildman–Crippen LogP) is 3.85. The topological polar surface area (TPSA) is 83.6 Å². The molecule has 2 rings (SSSR count). The molecule has 0 amide bonds. The molecule has 11 heteroatoms. The Hall–Kier alpha value is -2.11. The van der Waals surface area contributed by atoms with Gasteiger partial charge in [-0.1, -0.05) is 32.0 Å². The van der Waals surface area contributed by atoms with Crippen molar-refractivity contribution in [3.8, 4) is 0 Å². The smallest absolute Gasteiger partial charge is 0.280 e. The molecule has 160 valence electrons. The summed E-state index contributed by atoms with van der Waals surface area (Å²) in [6, 6.07) is 7.57. The maximum atomic E-state index is 13.2. The van der Waals surface area contributed by atoms with Crippen molar-refractivity contribution >= 4 is 25.7 Å². The summed E-state index contributed by atoms with van der Waals surface area (Å²) in [4.78, 5) is -1.06. The van der Waals surface area contributed by atoms with Crippen molar-refractivity contribution in [2.24, 2.45) is 0 Å². The van der Waals surface area contributed by atoms with Crippen LogP contribution in [0.5, 0.6) is 0 Å². The first-order valence-electron chi connectivity index (χ1n) is 8.64. The highest BCUT2D eigenvalue weighted by Gasteiger charge is 2.37. The quantitative estimate of drug-likeness (QED) is 0.695. The van der Waals surface area contributed by atoms with Gasteiger partial charge in [0.05, 0.1) is 21.0 Å². The maximum Gasteiger partial charge on any atom is 0.417 e. The minimum atomic E-state index is -4.87. The Morgan fingerprint density at radius 3 is 2.07 bits per heavy atom. The van der Waals surface area contributed by atoms with Crippen LogP contribution in [-0.2, 0) is 26.2 Å². The van der Waals surface area contributed by atoms with Crippen molar-refractivity contribution in [1.82, 2.24) is 4.31 Å². The standard InChI is InChI=1S/C18H21F3N2O4S2/c1-4-23(5-2)29(26,27)17-12-14(11-10-13(17)3)22-28(24,25)16-9-7-6-8-15(16)18(19,20)21/h6-12,22H,4-5H2,1-3H3. The summed E-state index contributed by atoms with van der Waals surface area (Å²) in [5.74, 6) is 0. The highest BCUT2D eigenvalue weighted by molar-refractivity contribution is 7.92. The van der Waals surface area contributed by atoms with E-state index in [2.05, 4.69) is 4.72 Å². The first-order chi connectivity index (χ1) is 13.3. The number of halogens is 3. The summed E-state index contributed by atoms with van der Waals surface area (Å²) in [7, 11) is -8.50. The van der Waals surface area contributed by atoms with E-state index in [-0.39, 0.29) is 23.7 Å². The zero-order chi connectivity index (χ0) is 22.0. The van der Waals surface area contributed by atoms with Crippen molar-refractivity contribution in [2.75, 3.05) is 17.8 Å². The van der Waals surface area contributed by atoms with Crippen LogP contribution in [0.4, 0.5) is 18.9 Å².